The quantitative estimate of drug-likeness (QED) is 0.231. The van der Waals surface area contributed by atoms with Gasteiger partial charge in [0.2, 0.25) is 0 Å². The van der Waals surface area contributed by atoms with Crippen LogP contribution in [0.1, 0.15) is 5.69 Å². The summed E-state index contributed by atoms with van der Waals surface area (Å²) in [6, 6.07) is 16.9. The fourth-order valence-electron chi connectivity index (χ4n) is 3.59. The van der Waals surface area contributed by atoms with Crippen LogP contribution in [0.2, 0.25) is 0 Å². The van der Waals surface area contributed by atoms with E-state index >= 15 is 0 Å². The van der Waals surface area contributed by atoms with Gasteiger partial charge in [-0.05, 0) is 42.5 Å². The van der Waals surface area contributed by atoms with Gasteiger partial charge < -0.3 is 9.30 Å². The zero-order valence-electron chi connectivity index (χ0n) is 18.2. The molecule has 4 amide bonds. The standard InChI is InChI=1S/C24H20N4O6/c1-34-15-14-26-22(29)21(23(30)27(24(26)31)18-6-3-2-4-7-18)16-20-8-5-13-25(20)17-9-11-19(12-10-17)28(32)33/h2-13,16H,14-15H2,1H3/b21-16-. The third-order valence-electron chi connectivity index (χ3n) is 5.28. The molecule has 10 nitrogen and oxygen atoms in total. The number of barbiturate groups is 1. The highest BCUT2D eigenvalue weighted by Crippen LogP contribution is 2.27. The van der Waals surface area contributed by atoms with E-state index in [-0.39, 0.29) is 24.4 Å². The highest BCUT2D eigenvalue weighted by atomic mass is 16.6. The van der Waals surface area contributed by atoms with E-state index in [1.807, 2.05) is 0 Å². The largest absolute Gasteiger partial charge is 0.383 e. The summed E-state index contributed by atoms with van der Waals surface area (Å²) in [6.07, 6.45) is 3.11. The second kappa shape index (κ2) is 9.51. The van der Waals surface area contributed by atoms with Gasteiger partial charge in [-0.15, -0.1) is 0 Å². The lowest BCUT2D eigenvalue weighted by Gasteiger charge is -2.33. The Hall–Kier alpha value is -4.57. The van der Waals surface area contributed by atoms with Crippen molar-refractivity contribution in [2.45, 2.75) is 0 Å². The van der Waals surface area contributed by atoms with Gasteiger partial charge in [-0.3, -0.25) is 24.6 Å². The molecule has 1 fully saturated rings. The summed E-state index contributed by atoms with van der Waals surface area (Å²) in [5, 5.41) is 10.9. The molecule has 0 saturated carbocycles. The normalized spacial score (nSPS) is 15.3. The monoisotopic (exact) mass is 460 g/mol. The first kappa shape index (κ1) is 22.6. The van der Waals surface area contributed by atoms with E-state index in [1.54, 1.807) is 65.4 Å². The van der Waals surface area contributed by atoms with Crippen molar-refractivity contribution in [2.75, 3.05) is 25.2 Å². The molecule has 0 N–H and O–H groups in total. The van der Waals surface area contributed by atoms with Crippen LogP contribution in [0.3, 0.4) is 0 Å². The van der Waals surface area contributed by atoms with E-state index in [0.717, 1.165) is 9.80 Å². The van der Waals surface area contributed by atoms with Crippen molar-refractivity contribution in [1.29, 1.82) is 0 Å². The molecule has 0 atom stereocenters. The topological polar surface area (TPSA) is 115 Å². The Labute approximate surface area is 194 Å². The maximum Gasteiger partial charge on any atom is 0.338 e. The van der Waals surface area contributed by atoms with Crippen LogP contribution in [0.4, 0.5) is 16.2 Å². The van der Waals surface area contributed by atoms with Gasteiger partial charge in [-0.1, -0.05) is 18.2 Å². The van der Waals surface area contributed by atoms with Crippen molar-refractivity contribution in [3.8, 4) is 5.69 Å². The number of aromatic nitrogens is 1. The van der Waals surface area contributed by atoms with Crippen molar-refractivity contribution in [2.24, 2.45) is 0 Å². The predicted molar refractivity (Wildman–Crippen MR) is 123 cm³/mol. The average Bonchev–Trinajstić information content (AvgIpc) is 3.31. The van der Waals surface area contributed by atoms with Gasteiger partial charge in [0, 0.05) is 36.8 Å². The third kappa shape index (κ3) is 4.21. The van der Waals surface area contributed by atoms with Gasteiger partial charge in [0.25, 0.3) is 17.5 Å². The summed E-state index contributed by atoms with van der Waals surface area (Å²) in [6.45, 7) is 0.0895. The molecule has 172 valence electrons. The number of carbonyl (C=O) groups is 3. The molecule has 4 rings (SSSR count). The number of ether oxygens (including phenoxy) is 1. The fourth-order valence-corrected chi connectivity index (χ4v) is 3.59. The predicted octanol–water partition coefficient (Wildman–Crippen LogP) is 3.41. The summed E-state index contributed by atoms with van der Waals surface area (Å²) in [7, 11) is 1.45. The van der Waals surface area contributed by atoms with E-state index in [1.165, 1.54) is 25.3 Å². The van der Waals surface area contributed by atoms with Crippen molar-refractivity contribution < 1.29 is 24.0 Å². The Morgan fingerprint density at radius 1 is 0.912 bits per heavy atom. The van der Waals surface area contributed by atoms with Crippen LogP contribution in [0.15, 0.2) is 78.5 Å². The van der Waals surface area contributed by atoms with Gasteiger partial charge in [0.15, 0.2) is 0 Å². The number of urea groups is 1. The summed E-state index contributed by atoms with van der Waals surface area (Å²) in [5.41, 5.74) is 1.18. The number of imide groups is 2. The Bertz CT molecular complexity index is 1280. The lowest BCUT2D eigenvalue weighted by atomic mass is 10.1. The lowest BCUT2D eigenvalue weighted by molar-refractivity contribution is -0.384. The fraction of sp³-hybridized carbons (Fsp3) is 0.125. The molecule has 1 aliphatic rings. The number of nitro benzene ring substituents is 1. The van der Waals surface area contributed by atoms with Crippen LogP contribution in [-0.4, -0.2) is 52.5 Å². The van der Waals surface area contributed by atoms with Gasteiger partial charge in [0.1, 0.15) is 5.57 Å². The van der Waals surface area contributed by atoms with E-state index in [4.69, 9.17) is 4.74 Å². The number of hydrogen-bond acceptors (Lipinski definition) is 6. The number of hydrogen-bond donors (Lipinski definition) is 0. The first-order chi connectivity index (χ1) is 16.4. The number of nitrogens with zero attached hydrogens (tertiary/aromatic N) is 4. The third-order valence-corrected chi connectivity index (χ3v) is 5.28. The van der Waals surface area contributed by atoms with Gasteiger partial charge in [0.05, 0.1) is 23.8 Å². The SMILES string of the molecule is COCCN1C(=O)/C(=C/c2cccn2-c2ccc([N+](=O)[O-])cc2)C(=O)N(c2ccccc2)C1=O. The maximum absolute atomic E-state index is 13.3. The number of non-ortho nitro benzene ring substituents is 1. The first-order valence-electron chi connectivity index (χ1n) is 10.3. The van der Waals surface area contributed by atoms with E-state index in [9.17, 15) is 24.5 Å². The molecule has 0 radical (unpaired) electrons. The second-order valence-electron chi connectivity index (χ2n) is 7.34. The minimum atomic E-state index is -0.749. The molecule has 3 aromatic rings. The van der Waals surface area contributed by atoms with Crippen LogP contribution < -0.4 is 4.90 Å². The highest BCUT2D eigenvalue weighted by Gasteiger charge is 2.42. The minimum Gasteiger partial charge on any atom is -0.383 e. The molecule has 0 aliphatic carbocycles. The summed E-state index contributed by atoms with van der Waals surface area (Å²) < 4.78 is 6.71. The molecular weight excluding hydrogens is 440 g/mol. The Kier molecular flexibility index (Phi) is 6.33. The summed E-state index contributed by atoms with van der Waals surface area (Å²) in [4.78, 5) is 51.9. The van der Waals surface area contributed by atoms with Crippen LogP contribution in [0.5, 0.6) is 0 Å². The molecule has 1 aliphatic heterocycles. The highest BCUT2D eigenvalue weighted by molar-refractivity contribution is 6.39. The number of carbonyl (C=O) groups excluding carboxylic acids is 3. The maximum atomic E-state index is 13.3. The molecule has 1 saturated heterocycles. The average molecular weight is 460 g/mol. The number of nitro groups is 1. The summed E-state index contributed by atoms with van der Waals surface area (Å²) >= 11 is 0. The van der Waals surface area contributed by atoms with Gasteiger partial charge in [-0.2, -0.15) is 0 Å². The van der Waals surface area contributed by atoms with Crippen LogP contribution >= 0.6 is 0 Å². The van der Waals surface area contributed by atoms with E-state index < -0.39 is 22.8 Å². The van der Waals surface area contributed by atoms with Crippen molar-refractivity contribution in [3.05, 3.63) is 94.3 Å². The lowest BCUT2D eigenvalue weighted by Crippen LogP contribution is -2.57. The zero-order valence-corrected chi connectivity index (χ0v) is 18.2. The van der Waals surface area contributed by atoms with E-state index in [0.29, 0.717) is 17.1 Å². The zero-order chi connectivity index (χ0) is 24.2. The molecule has 2 aromatic carbocycles. The second-order valence-corrected chi connectivity index (χ2v) is 7.34. The van der Waals surface area contributed by atoms with Gasteiger partial charge in [-0.25, -0.2) is 9.69 Å². The number of methoxy groups -OCH3 is 1. The molecule has 34 heavy (non-hydrogen) atoms. The molecule has 10 heteroatoms. The van der Waals surface area contributed by atoms with E-state index in [2.05, 4.69) is 0 Å². The molecule has 0 spiro atoms. The molecule has 0 unspecified atom stereocenters. The number of amides is 4. The molecular formula is C24H20N4O6. The van der Waals surface area contributed by atoms with Crippen molar-refractivity contribution in [3.63, 3.8) is 0 Å². The van der Waals surface area contributed by atoms with Crippen LogP contribution in [-0.2, 0) is 14.3 Å². The minimum absolute atomic E-state index is 0.0223. The number of benzene rings is 2. The molecule has 2 heterocycles. The first-order valence-corrected chi connectivity index (χ1v) is 10.3. The number of rotatable bonds is 7. The van der Waals surface area contributed by atoms with Crippen molar-refractivity contribution in [1.82, 2.24) is 9.47 Å². The number of anilines is 1. The smallest absolute Gasteiger partial charge is 0.338 e. The summed E-state index contributed by atoms with van der Waals surface area (Å²) in [5.74, 6) is -1.47. The molecule has 1 aromatic heterocycles. The van der Waals surface area contributed by atoms with Crippen molar-refractivity contribution >= 4 is 35.3 Å². The molecule has 0 bridgehead atoms. The van der Waals surface area contributed by atoms with Gasteiger partial charge >= 0.3 is 6.03 Å². The van der Waals surface area contributed by atoms with Crippen LogP contribution in [0, 0.1) is 10.1 Å². The Morgan fingerprint density at radius 3 is 2.26 bits per heavy atom. The van der Waals surface area contributed by atoms with Crippen LogP contribution in [0.25, 0.3) is 11.8 Å². The Morgan fingerprint density at radius 2 is 1.62 bits per heavy atom. The Balaban J connectivity index is 1.76. The number of para-hydroxylation sites is 1.